The molecule has 3 heterocycles. The molecule has 0 radical (unpaired) electrons. The molecule has 2 aromatic carbocycles. The highest BCUT2D eigenvalue weighted by atomic mass is 32.2. The molecule has 0 bridgehead atoms. The molecule has 1 saturated heterocycles. The number of likely N-dealkylation sites (tertiary alicyclic amines) is 1. The van der Waals surface area contributed by atoms with E-state index in [1.807, 2.05) is 43.9 Å². The summed E-state index contributed by atoms with van der Waals surface area (Å²) in [5.41, 5.74) is 3.02. The molecule has 1 saturated carbocycles. The summed E-state index contributed by atoms with van der Waals surface area (Å²) in [7, 11) is -4.06. The molecule has 11 heteroatoms. The number of carbonyl (C=O) groups is 2. The molecule has 1 N–H and O–H groups in total. The number of rotatable bonds is 8. The van der Waals surface area contributed by atoms with Crippen LogP contribution >= 0.6 is 0 Å². The lowest BCUT2D eigenvalue weighted by Gasteiger charge is -2.24. The third-order valence-electron chi connectivity index (χ3n) is 9.44. The molecule has 0 unspecified atom stereocenters. The number of anilines is 1. The number of hydrogen-bond acceptors (Lipinski definition) is 7. The monoisotopic (exact) mass is 617 g/mol. The topological polar surface area (TPSA) is 125 Å². The van der Waals surface area contributed by atoms with E-state index in [1.54, 1.807) is 43.0 Å². The van der Waals surface area contributed by atoms with Gasteiger partial charge in [-0.3, -0.25) is 19.5 Å². The van der Waals surface area contributed by atoms with Crippen molar-refractivity contribution in [2.24, 2.45) is 10.4 Å². The molecule has 44 heavy (non-hydrogen) atoms. The van der Waals surface area contributed by atoms with Crippen LogP contribution < -0.4 is 4.72 Å². The Morgan fingerprint density at radius 1 is 0.932 bits per heavy atom. The van der Waals surface area contributed by atoms with E-state index in [4.69, 9.17) is 9.52 Å². The second-order valence-electron chi connectivity index (χ2n) is 13.0. The van der Waals surface area contributed by atoms with Gasteiger partial charge in [-0.1, -0.05) is 68.2 Å². The van der Waals surface area contributed by atoms with Gasteiger partial charge in [0.1, 0.15) is 11.4 Å². The summed E-state index contributed by atoms with van der Waals surface area (Å²) in [4.78, 5) is 35.3. The Hall–Kier alpha value is -3.99. The predicted octanol–water partition coefficient (Wildman–Crippen LogP) is 5.59. The van der Waals surface area contributed by atoms with Crippen LogP contribution in [0.3, 0.4) is 0 Å². The summed E-state index contributed by atoms with van der Waals surface area (Å²) in [6, 6.07) is 12.6. The van der Waals surface area contributed by atoms with Crippen molar-refractivity contribution >= 4 is 33.6 Å². The van der Waals surface area contributed by atoms with Gasteiger partial charge in [0.05, 0.1) is 17.1 Å². The normalized spacial score (nSPS) is 19.3. The van der Waals surface area contributed by atoms with Crippen molar-refractivity contribution in [1.82, 2.24) is 15.0 Å². The van der Waals surface area contributed by atoms with Gasteiger partial charge in [-0.05, 0) is 62.8 Å². The molecule has 2 fully saturated rings. The van der Waals surface area contributed by atoms with E-state index in [9.17, 15) is 18.0 Å². The molecule has 3 aromatic rings. The van der Waals surface area contributed by atoms with Crippen LogP contribution in [0.4, 0.5) is 5.88 Å². The minimum absolute atomic E-state index is 0.0510. The van der Waals surface area contributed by atoms with Crippen LogP contribution in [0.15, 0.2) is 56.9 Å². The fourth-order valence-corrected chi connectivity index (χ4v) is 7.90. The highest BCUT2D eigenvalue weighted by molar-refractivity contribution is 7.92. The van der Waals surface area contributed by atoms with Crippen molar-refractivity contribution < 1.29 is 22.5 Å². The lowest BCUT2D eigenvalue weighted by atomic mass is 9.92. The Morgan fingerprint density at radius 2 is 1.66 bits per heavy atom. The van der Waals surface area contributed by atoms with Crippen molar-refractivity contribution in [3.8, 4) is 11.1 Å². The van der Waals surface area contributed by atoms with Gasteiger partial charge in [0.15, 0.2) is 0 Å². The van der Waals surface area contributed by atoms with Gasteiger partial charge in [0.25, 0.3) is 15.9 Å². The smallest absolute Gasteiger partial charge is 0.264 e. The first-order chi connectivity index (χ1) is 20.8. The van der Waals surface area contributed by atoms with Crippen molar-refractivity contribution in [1.29, 1.82) is 0 Å². The molecule has 1 aromatic heterocycles. The van der Waals surface area contributed by atoms with Crippen LogP contribution in [0.25, 0.3) is 11.1 Å². The SMILES string of the molecule is CC1=NC2(CCCC2)C(=O)N1Cc1ccc(-c2ccccc2S(=O)(=O)Nc2onc(C)c2C)c(CN2CCC(C)(C)C2=O)c1. The molecule has 2 aliphatic heterocycles. The molecule has 1 aliphatic carbocycles. The Bertz CT molecular complexity index is 1790. The summed E-state index contributed by atoms with van der Waals surface area (Å²) < 4.78 is 35.2. The van der Waals surface area contributed by atoms with Crippen LogP contribution in [-0.2, 0) is 32.7 Å². The van der Waals surface area contributed by atoms with Crippen molar-refractivity contribution in [2.75, 3.05) is 11.3 Å². The van der Waals surface area contributed by atoms with Crippen LogP contribution in [0.1, 0.15) is 75.3 Å². The van der Waals surface area contributed by atoms with Gasteiger partial charge in [0.2, 0.25) is 11.8 Å². The van der Waals surface area contributed by atoms with Gasteiger partial charge in [-0.25, -0.2) is 13.1 Å². The maximum atomic E-state index is 13.7. The Kier molecular flexibility index (Phi) is 7.42. The first-order valence-electron chi connectivity index (χ1n) is 15.2. The highest BCUT2D eigenvalue weighted by Gasteiger charge is 2.48. The molecule has 0 atom stereocenters. The Balaban J connectivity index is 1.38. The van der Waals surface area contributed by atoms with Crippen LogP contribution in [0.2, 0.25) is 0 Å². The first kappa shape index (κ1) is 30.1. The zero-order valence-electron chi connectivity index (χ0n) is 25.9. The molecule has 1 spiro atoms. The van der Waals surface area contributed by atoms with Crippen molar-refractivity contribution in [2.45, 2.75) is 90.2 Å². The van der Waals surface area contributed by atoms with E-state index in [-0.39, 0.29) is 22.6 Å². The molecule has 10 nitrogen and oxygen atoms in total. The van der Waals surface area contributed by atoms with Gasteiger partial charge in [-0.15, -0.1) is 0 Å². The number of sulfonamides is 1. The number of carbonyl (C=O) groups excluding carboxylic acids is 2. The number of amidine groups is 1. The van der Waals surface area contributed by atoms with Crippen LogP contribution in [0, 0.1) is 19.3 Å². The molecular formula is C33H39N5O5S. The standard InChI is InChI=1S/C33H39N5O5S/c1-21-22(2)35-43-29(21)36-44(41,42)28-11-7-6-10-27(28)26-13-12-24(18-25(26)20-37-17-16-32(4,5)30(37)39)19-38-23(3)34-33(31(38)40)14-8-9-15-33/h6-7,10-13,18,36H,8-9,14-17,19-20H2,1-5H3. The fraction of sp³-hybridized carbons (Fsp3) is 0.455. The maximum Gasteiger partial charge on any atom is 0.264 e. The predicted molar refractivity (Wildman–Crippen MR) is 167 cm³/mol. The number of nitrogens with zero attached hydrogens (tertiary/aromatic N) is 4. The number of aromatic nitrogens is 1. The Morgan fingerprint density at radius 3 is 2.32 bits per heavy atom. The first-order valence-corrected chi connectivity index (χ1v) is 16.6. The zero-order valence-corrected chi connectivity index (χ0v) is 26.8. The van der Waals surface area contributed by atoms with E-state index < -0.39 is 21.0 Å². The van der Waals surface area contributed by atoms with Crippen molar-refractivity contribution in [3.05, 3.63) is 64.8 Å². The van der Waals surface area contributed by atoms with Crippen molar-refractivity contribution in [3.63, 3.8) is 0 Å². The van der Waals surface area contributed by atoms with Crippen LogP contribution in [0.5, 0.6) is 0 Å². The molecular weight excluding hydrogens is 578 g/mol. The molecule has 3 aliphatic rings. The van der Waals surface area contributed by atoms with Crippen LogP contribution in [-0.4, -0.2) is 53.1 Å². The van der Waals surface area contributed by atoms with E-state index in [0.717, 1.165) is 49.1 Å². The second-order valence-corrected chi connectivity index (χ2v) is 14.6. The molecule has 6 rings (SSSR count). The van der Waals surface area contributed by atoms with E-state index >= 15 is 0 Å². The lowest BCUT2D eigenvalue weighted by molar-refractivity contribution is -0.135. The zero-order chi connectivity index (χ0) is 31.4. The number of hydrogen-bond donors (Lipinski definition) is 1. The molecule has 232 valence electrons. The number of nitrogens with one attached hydrogen (secondary N) is 1. The summed E-state index contributed by atoms with van der Waals surface area (Å²) in [5.74, 6) is 0.910. The van der Waals surface area contributed by atoms with Gasteiger partial charge < -0.3 is 9.42 Å². The van der Waals surface area contributed by atoms with Gasteiger partial charge in [-0.2, -0.15) is 0 Å². The third kappa shape index (κ3) is 5.21. The summed E-state index contributed by atoms with van der Waals surface area (Å²) >= 11 is 0. The largest absolute Gasteiger partial charge is 0.338 e. The number of benzene rings is 2. The van der Waals surface area contributed by atoms with Gasteiger partial charge >= 0.3 is 0 Å². The fourth-order valence-electron chi connectivity index (χ4n) is 6.63. The molecule has 2 amide bonds. The highest BCUT2D eigenvalue weighted by Crippen LogP contribution is 2.40. The van der Waals surface area contributed by atoms with E-state index in [1.165, 1.54) is 0 Å². The minimum atomic E-state index is -4.06. The number of aryl methyl sites for hydroxylation is 1. The number of aliphatic imine (C=N–C) groups is 1. The van der Waals surface area contributed by atoms with E-state index in [2.05, 4.69) is 9.88 Å². The third-order valence-corrected chi connectivity index (χ3v) is 10.8. The average molecular weight is 618 g/mol. The van der Waals surface area contributed by atoms with E-state index in [0.29, 0.717) is 42.0 Å². The number of amides is 2. The maximum absolute atomic E-state index is 13.7. The minimum Gasteiger partial charge on any atom is -0.338 e. The summed E-state index contributed by atoms with van der Waals surface area (Å²) in [5, 5.41) is 3.87. The average Bonchev–Trinajstić information content (AvgIpc) is 3.71. The lowest BCUT2D eigenvalue weighted by Crippen LogP contribution is -2.40. The Labute approximate surface area is 258 Å². The second kappa shape index (κ2) is 10.9. The summed E-state index contributed by atoms with van der Waals surface area (Å²) in [6.07, 6.45) is 4.31. The van der Waals surface area contributed by atoms with Gasteiger partial charge in [0, 0.05) is 29.6 Å². The summed E-state index contributed by atoms with van der Waals surface area (Å²) in [6.45, 7) is 10.6. The quantitative estimate of drug-likeness (QED) is 0.351.